The predicted octanol–water partition coefficient (Wildman–Crippen LogP) is 7.98. The molecule has 0 aliphatic carbocycles. The van der Waals surface area contributed by atoms with Crippen molar-refractivity contribution >= 4 is 23.1 Å². The molecule has 3 aromatic carbocycles. The van der Waals surface area contributed by atoms with Crippen LogP contribution in [0.4, 0.5) is 0 Å². The Morgan fingerprint density at radius 1 is 0.853 bits per heavy atom. The fraction of sp³-hybridized carbons (Fsp3) is 0.129. The smallest absolute Gasteiger partial charge is 0.116 e. The van der Waals surface area contributed by atoms with Crippen LogP contribution in [0.1, 0.15) is 41.5 Å². The lowest BCUT2D eigenvalue weighted by atomic mass is 9.91. The van der Waals surface area contributed by atoms with Gasteiger partial charge in [0.1, 0.15) is 6.33 Å². The monoisotopic (exact) mass is 443 g/mol. The molecular formula is C31H29N3. The van der Waals surface area contributed by atoms with Crippen LogP contribution in [0.25, 0.3) is 28.1 Å². The predicted molar refractivity (Wildman–Crippen MR) is 144 cm³/mol. The van der Waals surface area contributed by atoms with Gasteiger partial charge in [0.15, 0.2) is 0 Å². The number of nitrogens with zero attached hydrogens (tertiary/aromatic N) is 2. The molecule has 0 aliphatic heterocycles. The summed E-state index contributed by atoms with van der Waals surface area (Å²) < 4.78 is 0. The maximum atomic E-state index is 7.64. The molecule has 34 heavy (non-hydrogen) atoms. The number of benzene rings is 3. The van der Waals surface area contributed by atoms with E-state index in [-0.39, 0.29) is 11.8 Å². The molecule has 0 spiro atoms. The zero-order valence-corrected chi connectivity index (χ0v) is 19.3. The van der Waals surface area contributed by atoms with E-state index in [1.165, 1.54) is 22.6 Å². The molecular weight excluding hydrogens is 414 g/mol. The molecule has 0 amide bonds. The van der Waals surface area contributed by atoms with Gasteiger partial charge in [-0.1, -0.05) is 85.0 Å². The summed E-state index contributed by atoms with van der Waals surface area (Å²) in [6.45, 7) is 7.87. The van der Waals surface area contributed by atoms with E-state index < -0.39 is 0 Å². The van der Waals surface area contributed by atoms with Crippen LogP contribution in [0, 0.1) is 5.41 Å². The third-order valence-corrected chi connectivity index (χ3v) is 6.13. The first-order chi connectivity index (χ1) is 16.7. The van der Waals surface area contributed by atoms with Gasteiger partial charge in [-0.3, -0.25) is 0 Å². The second-order valence-electron chi connectivity index (χ2n) is 8.30. The number of aromatic nitrogens is 2. The third-order valence-electron chi connectivity index (χ3n) is 6.13. The van der Waals surface area contributed by atoms with Gasteiger partial charge in [0.25, 0.3) is 0 Å². The minimum Gasteiger partial charge on any atom is -0.312 e. The van der Waals surface area contributed by atoms with E-state index in [9.17, 15) is 0 Å². The fourth-order valence-corrected chi connectivity index (χ4v) is 4.26. The summed E-state index contributed by atoms with van der Waals surface area (Å²) in [5, 5.41) is 10.2. The summed E-state index contributed by atoms with van der Waals surface area (Å²) >= 11 is 0. The first kappa shape index (κ1) is 23.1. The maximum Gasteiger partial charge on any atom is 0.116 e. The van der Waals surface area contributed by atoms with E-state index in [4.69, 9.17) is 5.41 Å². The highest BCUT2D eigenvalue weighted by atomic mass is 14.8. The van der Waals surface area contributed by atoms with Gasteiger partial charge < -0.3 is 5.41 Å². The van der Waals surface area contributed by atoms with Crippen LogP contribution in [0.15, 0.2) is 111 Å². The Hall–Kier alpha value is -4.11. The Morgan fingerprint density at radius 2 is 1.65 bits per heavy atom. The standard InChI is InChI=1S/C31H29N3/c1-3-9-27(21-32)24-16-18-26(19-17-24)31-20-28(33-22-34-31)13-7-11-23(4-2)29-15-8-12-25-10-5-6-14-30(25)29/h3-8,10,12-23,27,32H,1-2,9,11H2/b13-7+,32-21?. The SMILES string of the molecule is C=CCC(C=N)c1ccc(-c2cc(/C=C/CC(C=C)c3cccc4ccccc34)ncn2)cc1. The fourth-order valence-electron chi connectivity index (χ4n) is 4.26. The van der Waals surface area contributed by atoms with Crippen molar-refractivity contribution < 1.29 is 0 Å². The van der Waals surface area contributed by atoms with E-state index in [2.05, 4.69) is 102 Å². The van der Waals surface area contributed by atoms with E-state index in [0.29, 0.717) is 0 Å². The molecule has 0 aliphatic rings. The summed E-state index contributed by atoms with van der Waals surface area (Å²) in [5.41, 5.74) is 5.19. The second kappa shape index (κ2) is 11.2. The summed E-state index contributed by atoms with van der Waals surface area (Å²) in [7, 11) is 0. The van der Waals surface area contributed by atoms with Gasteiger partial charge in [-0.15, -0.1) is 13.2 Å². The molecule has 0 radical (unpaired) electrons. The van der Waals surface area contributed by atoms with Gasteiger partial charge in [-0.25, -0.2) is 9.97 Å². The van der Waals surface area contributed by atoms with Crippen molar-refractivity contribution in [1.82, 2.24) is 9.97 Å². The minimum atomic E-state index is 0.0648. The number of hydrogen-bond donors (Lipinski definition) is 1. The minimum absolute atomic E-state index is 0.0648. The molecule has 0 bridgehead atoms. The Balaban J connectivity index is 1.49. The van der Waals surface area contributed by atoms with Crippen molar-refractivity contribution in [3.63, 3.8) is 0 Å². The molecule has 3 heteroatoms. The van der Waals surface area contributed by atoms with E-state index in [0.717, 1.165) is 35.4 Å². The molecule has 3 nitrogen and oxygen atoms in total. The number of allylic oxidation sites excluding steroid dienone is 3. The summed E-state index contributed by atoms with van der Waals surface area (Å²) in [5.74, 6) is 0.295. The van der Waals surface area contributed by atoms with E-state index in [1.54, 1.807) is 6.33 Å². The summed E-state index contributed by atoms with van der Waals surface area (Å²) in [6.07, 6.45) is 12.8. The zero-order chi connectivity index (χ0) is 23.8. The average Bonchev–Trinajstić information content (AvgIpc) is 2.90. The Kier molecular flexibility index (Phi) is 7.56. The van der Waals surface area contributed by atoms with Gasteiger partial charge in [-0.05, 0) is 46.9 Å². The summed E-state index contributed by atoms with van der Waals surface area (Å²) in [4.78, 5) is 8.89. The molecule has 4 aromatic rings. The lowest BCUT2D eigenvalue weighted by molar-refractivity contribution is 0.877. The number of hydrogen-bond acceptors (Lipinski definition) is 3. The van der Waals surface area contributed by atoms with Crippen LogP contribution in [0.2, 0.25) is 0 Å². The van der Waals surface area contributed by atoms with Crippen molar-refractivity contribution in [2.75, 3.05) is 0 Å². The molecule has 1 aromatic heterocycles. The molecule has 0 fully saturated rings. The molecule has 2 unspecified atom stereocenters. The van der Waals surface area contributed by atoms with Gasteiger partial charge >= 0.3 is 0 Å². The highest BCUT2D eigenvalue weighted by molar-refractivity contribution is 5.86. The van der Waals surface area contributed by atoms with Crippen LogP contribution in [-0.4, -0.2) is 16.2 Å². The Labute approximate surface area is 201 Å². The molecule has 4 rings (SSSR count). The van der Waals surface area contributed by atoms with Crippen molar-refractivity contribution in [2.45, 2.75) is 24.7 Å². The van der Waals surface area contributed by atoms with E-state index >= 15 is 0 Å². The lowest BCUT2D eigenvalue weighted by Crippen LogP contribution is -1.98. The molecule has 0 saturated carbocycles. The lowest BCUT2D eigenvalue weighted by Gasteiger charge is -2.14. The highest BCUT2D eigenvalue weighted by Gasteiger charge is 2.10. The van der Waals surface area contributed by atoms with Crippen LogP contribution >= 0.6 is 0 Å². The van der Waals surface area contributed by atoms with Crippen LogP contribution in [-0.2, 0) is 0 Å². The van der Waals surface area contributed by atoms with Gasteiger partial charge in [0.05, 0.1) is 11.4 Å². The van der Waals surface area contributed by atoms with Crippen molar-refractivity contribution in [2.24, 2.45) is 0 Å². The zero-order valence-electron chi connectivity index (χ0n) is 19.3. The molecule has 1 N–H and O–H groups in total. The summed E-state index contributed by atoms with van der Waals surface area (Å²) in [6, 6.07) is 25.2. The molecule has 0 saturated heterocycles. The van der Waals surface area contributed by atoms with Crippen molar-refractivity contribution in [3.05, 3.63) is 127 Å². The van der Waals surface area contributed by atoms with Gasteiger partial charge in [0, 0.05) is 23.6 Å². The number of nitrogens with one attached hydrogen (secondary N) is 1. The largest absolute Gasteiger partial charge is 0.312 e. The average molecular weight is 444 g/mol. The Bertz CT molecular complexity index is 1310. The van der Waals surface area contributed by atoms with Crippen LogP contribution in [0.3, 0.4) is 0 Å². The van der Waals surface area contributed by atoms with Gasteiger partial charge in [-0.2, -0.15) is 0 Å². The number of rotatable bonds is 10. The quantitative estimate of drug-likeness (QED) is 0.199. The molecule has 2 atom stereocenters. The third kappa shape index (κ3) is 5.26. The molecule has 1 heterocycles. The van der Waals surface area contributed by atoms with Crippen molar-refractivity contribution in [1.29, 1.82) is 5.41 Å². The molecule has 168 valence electrons. The van der Waals surface area contributed by atoms with Crippen LogP contribution < -0.4 is 0 Å². The van der Waals surface area contributed by atoms with Crippen LogP contribution in [0.5, 0.6) is 0 Å². The topological polar surface area (TPSA) is 49.6 Å². The van der Waals surface area contributed by atoms with Gasteiger partial charge in [0.2, 0.25) is 0 Å². The first-order valence-corrected chi connectivity index (χ1v) is 11.5. The Morgan fingerprint density at radius 3 is 2.41 bits per heavy atom. The number of fused-ring (bicyclic) bond motifs is 1. The second-order valence-corrected chi connectivity index (χ2v) is 8.30. The highest BCUT2D eigenvalue weighted by Crippen LogP contribution is 2.29. The maximum absolute atomic E-state index is 7.64. The van der Waals surface area contributed by atoms with Crippen molar-refractivity contribution in [3.8, 4) is 11.3 Å². The first-order valence-electron chi connectivity index (χ1n) is 11.5. The normalized spacial score (nSPS) is 12.9. The van der Waals surface area contributed by atoms with E-state index in [1.807, 2.05) is 18.2 Å².